The average molecular weight is 1350 g/mol. The number of benzene rings is 15. The maximum atomic E-state index is 5.50. The molecule has 10 heteroatoms. The number of fused-ring (bicyclic) bond motifs is 7. The second kappa shape index (κ2) is 26.0. The summed E-state index contributed by atoms with van der Waals surface area (Å²) in [6, 6.07) is 134. The van der Waals surface area contributed by atoms with Gasteiger partial charge in [-0.25, -0.2) is 29.9 Å². The van der Waals surface area contributed by atoms with Crippen LogP contribution < -0.4 is 26.2 Å². The molecule has 106 heavy (non-hydrogen) atoms. The highest BCUT2D eigenvalue weighted by Crippen LogP contribution is 2.49. The molecule has 0 fully saturated rings. The first kappa shape index (κ1) is 61.6. The zero-order valence-electron chi connectivity index (χ0n) is 57.4. The van der Waals surface area contributed by atoms with Gasteiger partial charge >= 0.3 is 0 Å². The van der Waals surface area contributed by atoms with Crippen LogP contribution in [0.25, 0.3) is 140 Å². The third-order valence-corrected chi connectivity index (χ3v) is 20.7. The normalized spacial score (nSPS) is 12.1. The van der Waals surface area contributed by atoms with Crippen LogP contribution in [0.5, 0.6) is 0 Å². The number of rotatable bonds is 13. The number of anilines is 6. The Kier molecular flexibility index (Phi) is 15.1. The zero-order valence-corrected chi connectivity index (χ0v) is 57.4. The van der Waals surface area contributed by atoms with Crippen molar-refractivity contribution in [3.05, 3.63) is 376 Å². The Hall–Kier alpha value is -14.2. The van der Waals surface area contributed by atoms with E-state index in [0.717, 1.165) is 140 Å². The second-order valence-electron chi connectivity index (χ2n) is 27.0. The van der Waals surface area contributed by atoms with Gasteiger partial charge in [-0.3, -0.25) is 0 Å². The minimum atomic E-state index is -0.114. The van der Waals surface area contributed by atoms with Crippen LogP contribution >= 0.6 is 0 Å². The molecule has 15 aromatic carbocycles. The first-order valence-corrected chi connectivity index (χ1v) is 35.9. The number of nitrogens with zero attached hydrogens (tertiary/aromatic N) is 9. The molecule has 0 spiro atoms. The molecule has 0 amide bonds. The largest absolute Gasteiger partial charge is 0.311 e. The SMILES string of the molecule is c1ccc(-c2ccc3c(c2)N(c2ccccc2)c2cc(-c4ccc5c(c4)c4ccc(-c6ccccc6)cc4n5-c4ccc(-c5nc(-c6ccccc6)nc(-c6ccccc6)n5)cc4-c4nc(-c5ccccc5)nc(-c5ccccc5)n4)cc4c2B3c2ccc(-c3ccccc3)cc2N4c2ccccc2)cc1. The van der Waals surface area contributed by atoms with Crippen LogP contribution in [-0.2, 0) is 0 Å². The fraction of sp³-hybridized carbons (Fsp3) is 0. The zero-order chi connectivity index (χ0) is 70.0. The molecule has 494 valence electrons. The molecule has 0 unspecified atom stereocenters. The fourth-order valence-corrected chi connectivity index (χ4v) is 15.7. The molecule has 0 saturated carbocycles. The fourth-order valence-electron chi connectivity index (χ4n) is 15.7. The molecule has 0 bridgehead atoms. The summed E-state index contributed by atoms with van der Waals surface area (Å²) >= 11 is 0. The monoisotopic (exact) mass is 1350 g/mol. The lowest BCUT2D eigenvalue weighted by Gasteiger charge is -2.44. The molecule has 2 aliphatic rings. The van der Waals surface area contributed by atoms with E-state index in [4.69, 9.17) is 29.9 Å². The van der Waals surface area contributed by atoms with Crippen molar-refractivity contribution >= 4 is 79.0 Å². The summed E-state index contributed by atoms with van der Waals surface area (Å²) in [7, 11) is 0. The van der Waals surface area contributed by atoms with Crippen molar-refractivity contribution in [1.82, 2.24) is 34.5 Å². The Bertz CT molecular complexity index is 6100. The van der Waals surface area contributed by atoms with Gasteiger partial charge in [0.25, 0.3) is 6.71 Å². The van der Waals surface area contributed by atoms with E-state index < -0.39 is 0 Å². The predicted octanol–water partition coefficient (Wildman–Crippen LogP) is 21.9. The van der Waals surface area contributed by atoms with Crippen LogP contribution in [0.2, 0.25) is 0 Å². The standard InChI is InChI=1S/C96H62BN9/c1-10-28-63(29-11-1)71-46-51-78-79-56-70(75-61-88-90-89(62-75)105(77-44-26-9-27-45-77)87-60-73(65-32-14-3-15-33-65)48-53-82(87)97(90)81-52-47-72(64-30-12-2-13-31-64)59-86(81)104(88)76-42-24-8-25-43-76)49-54-83(79)106(85(78)58-71)84-55-50-74(95-100-91(66-34-16-4-17-35-66)98-92(101-95)67-36-18-5-19-37-67)57-80(84)96-102-93(68-38-20-6-21-39-68)99-94(103-96)69-40-22-7-23-41-69/h1-62H. The quantitative estimate of drug-likeness (QED) is 0.106. The van der Waals surface area contributed by atoms with Crippen LogP contribution in [0.3, 0.4) is 0 Å². The Morgan fingerprint density at radius 2 is 0.528 bits per heavy atom. The van der Waals surface area contributed by atoms with Crippen molar-refractivity contribution in [3.8, 4) is 119 Å². The van der Waals surface area contributed by atoms with Gasteiger partial charge in [-0.2, -0.15) is 0 Å². The summed E-state index contributed by atoms with van der Waals surface area (Å²) < 4.78 is 2.41. The minimum absolute atomic E-state index is 0.114. The van der Waals surface area contributed by atoms with Crippen molar-refractivity contribution in [3.63, 3.8) is 0 Å². The molecule has 0 aliphatic carbocycles. The second-order valence-corrected chi connectivity index (χ2v) is 27.0. The van der Waals surface area contributed by atoms with Crippen LogP contribution in [-0.4, -0.2) is 41.2 Å². The Labute approximate surface area is 614 Å². The predicted molar refractivity (Wildman–Crippen MR) is 436 cm³/mol. The van der Waals surface area contributed by atoms with E-state index in [9.17, 15) is 0 Å². The topological polar surface area (TPSA) is 88.8 Å². The van der Waals surface area contributed by atoms with Gasteiger partial charge in [0.15, 0.2) is 34.9 Å². The molecule has 0 saturated heterocycles. The first-order chi connectivity index (χ1) is 52.5. The third kappa shape index (κ3) is 10.9. The van der Waals surface area contributed by atoms with Crippen molar-refractivity contribution in [2.45, 2.75) is 0 Å². The van der Waals surface area contributed by atoms with E-state index in [1.165, 1.54) is 16.4 Å². The molecule has 3 aromatic heterocycles. The van der Waals surface area contributed by atoms with Gasteiger partial charge in [0, 0.05) is 78.3 Å². The molecule has 2 aliphatic heterocycles. The molecule has 0 N–H and O–H groups in total. The summed E-state index contributed by atoms with van der Waals surface area (Å²) in [5, 5.41) is 2.15. The molecule has 9 nitrogen and oxygen atoms in total. The maximum Gasteiger partial charge on any atom is 0.252 e. The summed E-state index contributed by atoms with van der Waals surface area (Å²) in [6.45, 7) is -0.114. The van der Waals surface area contributed by atoms with E-state index in [2.05, 4.69) is 293 Å². The van der Waals surface area contributed by atoms with Gasteiger partial charge in [-0.15, -0.1) is 0 Å². The first-order valence-electron chi connectivity index (χ1n) is 35.9. The lowest BCUT2D eigenvalue weighted by atomic mass is 9.33. The van der Waals surface area contributed by atoms with Crippen molar-refractivity contribution in [2.75, 3.05) is 9.80 Å². The Morgan fingerprint density at radius 3 is 0.953 bits per heavy atom. The van der Waals surface area contributed by atoms with Crippen molar-refractivity contribution < 1.29 is 0 Å². The highest BCUT2D eigenvalue weighted by atomic mass is 15.2. The number of para-hydroxylation sites is 2. The number of aromatic nitrogens is 7. The van der Waals surface area contributed by atoms with Crippen LogP contribution in [0.15, 0.2) is 376 Å². The lowest BCUT2D eigenvalue weighted by molar-refractivity contribution is 1.06. The number of hydrogen-bond acceptors (Lipinski definition) is 8. The summed E-state index contributed by atoms with van der Waals surface area (Å²) in [6.07, 6.45) is 0. The van der Waals surface area contributed by atoms with E-state index in [1.807, 2.05) is 97.1 Å². The molecular formula is C96H62BN9. The summed E-state index contributed by atoms with van der Waals surface area (Å²) in [4.78, 5) is 37.0. The molecule has 0 atom stereocenters. The molecule has 20 rings (SSSR count). The lowest BCUT2D eigenvalue weighted by Crippen LogP contribution is -2.61. The van der Waals surface area contributed by atoms with Gasteiger partial charge in [0.2, 0.25) is 0 Å². The highest BCUT2D eigenvalue weighted by molar-refractivity contribution is 7.00. The molecule has 0 radical (unpaired) electrons. The van der Waals surface area contributed by atoms with E-state index in [0.29, 0.717) is 34.9 Å². The Balaban J connectivity index is 0.850. The van der Waals surface area contributed by atoms with Gasteiger partial charge < -0.3 is 14.4 Å². The molecule has 5 heterocycles. The van der Waals surface area contributed by atoms with Crippen molar-refractivity contribution in [2.24, 2.45) is 0 Å². The minimum Gasteiger partial charge on any atom is -0.311 e. The third-order valence-electron chi connectivity index (χ3n) is 20.7. The van der Waals surface area contributed by atoms with Crippen molar-refractivity contribution in [1.29, 1.82) is 0 Å². The van der Waals surface area contributed by atoms with E-state index in [-0.39, 0.29) is 6.71 Å². The number of hydrogen-bond donors (Lipinski definition) is 0. The van der Waals surface area contributed by atoms with Crippen LogP contribution in [0.4, 0.5) is 34.1 Å². The van der Waals surface area contributed by atoms with E-state index >= 15 is 0 Å². The van der Waals surface area contributed by atoms with Crippen LogP contribution in [0.1, 0.15) is 0 Å². The van der Waals surface area contributed by atoms with Gasteiger partial charge in [0.05, 0.1) is 16.7 Å². The Morgan fingerprint density at radius 1 is 0.198 bits per heavy atom. The average Bonchev–Trinajstić information content (AvgIpc) is 0.761. The van der Waals surface area contributed by atoms with Gasteiger partial charge in [0.1, 0.15) is 0 Å². The van der Waals surface area contributed by atoms with Gasteiger partial charge in [-0.1, -0.05) is 291 Å². The highest BCUT2D eigenvalue weighted by Gasteiger charge is 2.44. The summed E-state index contributed by atoms with van der Waals surface area (Å²) in [5.41, 5.74) is 27.2. The summed E-state index contributed by atoms with van der Waals surface area (Å²) in [5.74, 6) is 3.21. The molecular weight excluding hydrogens is 1290 g/mol. The smallest absolute Gasteiger partial charge is 0.252 e. The van der Waals surface area contributed by atoms with E-state index in [1.54, 1.807) is 0 Å². The molecule has 18 aromatic rings. The maximum absolute atomic E-state index is 5.50. The van der Waals surface area contributed by atoms with Gasteiger partial charge in [-0.05, 0) is 146 Å². The van der Waals surface area contributed by atoms with Crippen LogP contribution in [0, 0.1) is 0 Å².